The molecule has 36 heavy (non-hydrogen) atoms. The van der Waals surface area contributed by atoms with Crippen molar-refractivity contribution in [2.75, 3.05) is 0 Å². The Balaban J connectivity index is 1.58. The first-order chi connectivity index (χ1) is 17.3. The summed E-state index contributed by atoms with van der Waals surface area (Å²) in [6.45, 7) is 4.27. The van der Waals surface area contributed by atoms with Gasteiger partial charge in [-0.15, -0.1) is 0 Å². The van der Waals surface area contributed by atoms with Gasteiger partial charge in [-0.25, -0.2) is 14.3 Å². The monoisotopic (exact) mass is 494 g/mol. The van der Waals surface area contributed by atoms with Gasteiger partial charge in [0.05, 0.1) is 12.9 Å². The zero-order valence-corrected chi connectivity index (χ0v) is 20.9. The average Bonchev–Trinajstić information content (AvgIpc) is 3.27. The Morgan fingerprint density at radius 2 is 1.69 bits per heavy atom. The van der Waals surface area contributed by atoms with E-state index >= 15 is 0 Å². The number of hydrogen-bond acceptors (Lipinski definition) is 5. The van der Waals surface area contributed by atoms with Gasteiger partial charge < -0.3 is 4.57 Å². The lowest BCUT2D eigenvalue weighted by molar-refractivity contribution is -0.129. The minimum atomic E-state index is -0.647. The minimum absolute atomic E-state index is 0.203. The molecule has 10 heteroatoms. The summed E-state index contributed by atoms with van der Waals surface area (Å²) >= 11 is 0. The van der Waals surface area contributed by atoms with Gasteiger partial charge in [-0.2, -0.15) is 0 Å². The highest BCUT2D eigenvalue weighted by atomic mass is 16.2. The number of aromatic nitrogens is 4. The van der Waals surface area contributed by atoms with E-state index in [4.69, 9.17) is 0 Å². The maximum atomic E-state index is 13.4. The largest absolute Gasteiger partial charge is 0.333 e. The molecule has 0 bridgehead atoms. The third-order valence-corrected chi connectivity index (χ3v) is 6.57. The summed E-state index contributed by atoms with van der Waals surface area (Å²) in [6.07, 6.45) is 7.39. The molecule has 192 valence electrons. The van der Waals surface area contributed by atoms with Crippen molar-refractivity contribution in [3.63, 3.8) is 0 Å². The lowest BCUT2D eigenvalue weighted by Gasteiger charge is -2.20. The molecule has 1 aliphatic carbocycles. The second kappa shape index (κ2) is 11.4. The van der Waals surface area contributed by atoms with Crippen LogP contribution in [0.4, 0.5) is 0 Å². The van der Waals surface area contributed by atoms with Crippen molar-refractivity contribution in [2.24, 2.45) is 11.8 Å². The summed E-state index contributed by atoms with van der Waals surface area (Å²) in [6, 6.07) is 9.39. The van der Waals surface area contributed by atoms with Crippen LogP contribution in [0.1, 0.15) is 57.9 Å². The Labute approximate surface area is 209 Å². The molecule has 1 aromatic carbocycles. The smallest absolute Gasteiger partial charge is 0.324 e. The van der Waals surface area contributed by atoms with Crippen LogP contribution in [0.25, 0.3) is 11.2 Å². The normalized spacial score (nSPS) is 14.3. The molecule has 3 aromatic rings. The summed E-state index contributed by atoms with van der Waals surface area (Å²) in [7, 11) is 0. The lowest BCUT2D eigenvalue weighted by atomic mass is 9.87. The zero-order chi connectivity index (χ0) is 25.7. The highest BCUT2D eigenvalue weighted by Crippen LogP contribution is 2.25. The van der Waals surface area contributed by atoms with E-state index in [-0.39, 0.29) is 29.5 Å². The molecule has 4 rings (SSSR count). The number of amides is 2. The van der Waals surface area contributed by atoms with Crippen molar-refractivity contribution < 1.29 is 9.59 Å². The quantitative estimate of drug-likeness (QED) is 0.465. The molecule has 0 unspecified atom stereocenters. The number of imidazole rings is 1. The molecule has 0 aliphatic heterocycles. The van der Waals surface area contributed by atoms with Gasteiger partial charge in [-0.1, -0.05) is 63.4 Å². The fraction of sp³-hybridized carbons (Fsp3) is 0.500. The molecular formula is C26H34N6O4. The van der Waals surface area contributed by atoms with Gasteiger partial charge in [0.1, 0.15) is 6.54 Å². The number of nitrogens with one attached hydrogen (secondary N) is 2. The predicted molar refractivity (Wildman–Crippen MR) is 136 cm³/mol. The van der Waals surface area contributed by atoms with Crippen molar-refractivity contribution in [3.05, 3.63) is 63.1 Å². The van der Waals surface area contributed by atoms with E-state index in [1.54, 1.807) is 10.9 Å². The highest BCUT2D eigenvalue weighted by molar-refractivity contribution is 5.82. The molecule has 1 aliphatic rings. The molecule has 10 nitrogen and oxygen atoms in total. The van der Waals surface area contributed by atoms with Gasteiger partial charge in [0.25, 0.3) is 11.5 Å². The Kier molecular flexibility index (Phi) is 8.02. The zero-order valence-electron chi connectivity index (χ0n) is 20.9. The molecule has 0 radical (unpaired) electrons. The first kappa shape index (κ1) is 25.4. The van der Waals surface area contributed by atoms with E-state index in [2.05, 4.69) is 15.8 Å². The maximum absolute atomic E-state index is 13.4. The van der Waals surface area contributed by atoms with Crippen LogP contribution in [0.5, 0.6) is 0 Å². The number of rotatable bonds is 8. The van der Waals surface area contributed by atoms with Gasteiger partial charge >= 0.3 is 5.69 Å². The first-order valence-corrected chi connectivity index (χ1v) is 12.6. The van der Waals surface area contributed by atoms with Gasteiger partial charge in [0.2, 0.25) is 5.91 Å². The molecule has 1 fully saturated rings. The van der Waals surface area contributed by atoms with Crippen molar-refractivity contribution in [3.8, 4) is 0 Å². The van der Waals surface area contributed by atoms with Crippen molar-refractivity contribution >= 4 is 23.0 Å². The molecule has 2 aromatic heterocycles. The van der Waals surface area contributed by atoms with E-state index < -0.39 is 23.7 Å². The summed E-state index contributed by atoms with van der Waals surface area (Å²) in [5, 5.41) is 0. The van der Waals surface area contributed by atoms with E-state index in [1.807, 2.05) is 44.2 Å². The van der Waals surface area contributed by atoms with E-state index in [1.165, 1.54) is 11.0 Å². The molecule has 2 N–H and O–H groups in total. The number of nitrogens with zero attached hydrogens (tertiary/aromatic N) is 4. The fourth-order valence-electron chi connectivity index (χ4n) is 4.85. The standard InChI is InChI=1S/C26H34N6O4/c1-18(2)14-30-17-27-24-23(30)25(35)32(26(36)31(24)15-20-11-7-4-8-12-20)16-22(34)29-28-21(33)13-19-9-5-3-6-10-19/h4,7-8,11-12,17-19H,3,5-6,9-10,13-16H2,1-2H3,(H,28,33)(H,29,34). The van der Waals surface area contributed by atoms with E-state index in [0.717, 1.165) is 35.8 Å². The molecule has 2 amide bonds. The van der Waals surface area contributed by atoms with Crippen molar-refractivity contribution in [1.82, 2.24) is 29.5 Å². The molecule has 2 heterocycles. The lowest BCUT2D eigenvalue weighted by Crippen LogP contribution is -2.48. The van der Waals surface area contributed by atoms with Crippen LogP contribution in [0.3, 0.4) is 0 Å². The topological polar surface area (TPSA) is 120 Å². The van der Waals surface area contributed by atoms with Crippen molar-refractivity contribution in [2.45, 2.75) is 72.0 Å². The summed E-state index contributed by atoms with van der Waals surface area (Å²) in [5.41, 5.74) is 5.01. The summed E-state index contributed by atoms with van der Waals surface area (Å²) in [5.74, 6) is -0.346. The molecule has 0 saturated heterocycles. The van der Waals surface area contributed by atoms with Crippen LogP contribution in [0.15, 0.2) is 46.2 Å². The number of hydrazine groups is 1. The van der Waals surface area contributed by atoms with Crippen LogP contribution in [-0.4, -0.2) is 30.5 Å². The van der Waals surface area contributed by atoms with E-state index in [9.17, 15) is 19.2 Å². The Morgan fingerprint density at radius 3 is 2.39 bits per heavy atom. The van der Waals surface area contributed by atoms with Crippen LogP contribution < -0.4 is 22.1 Å². The number of carbonyl (C=O) groups excluding carboxylic acids is 2. The van der Waals surface area contributed by atoms with Crippen LogP contribution in [0.2, 0.25) is 0 Å². The average molecular weight is 495 g/mol. The Bertz CT molecular complexity index is 1330. The van der Waals surface area contributed by atoms with Gasteiger partial charge in [0, 0.05) is 13.0 Å². The Hall–Kier alpha value is -3.69. The van der Waals surface area contributed by atoms with E-state index in [0.29, 0.717) is 18.9 Å². The molecule has 0 spiro atoms. The van der Waals surface area contributed by atoms with Crippen molar-refractivity contribution in [1.29, 1.82) is 0 Å². The Morgan fingerprint density at radius 1 is 1.00 bits per heavy atom. The second-order valence-electron chi connectivity index (χ2n) is 10.0. The van der Waals surface area contributed by atoms with Gasteiger partial charge in [-0.3, -0.25) is 29.8 Å². The maximum Gasteiger partial charge on any atom is 0.333 e. The number of carbonyl (C=O) groups is 2. The van der Waals surface area contributed by atoms with Gasteiger partial charge in [0.15, 0.2) is 11.2 Å². The third kappa shape index (κ3) is 5.92. The number of hydrogen-bond donors (Lipinski definition) is 2. The second-order valence-corrected chi connectivity index (χ2v) is 10.0. The summed E-state index contributed by atoms with van der Waals surface area (Å²) < 4.78 is 4.05. The molecule has 1 saturated carbocycles. The van der Waals surface area contributed by atoms with Crippen LogP contribution in [-0.2, 0) is 29.2 Å². The first-order valence-electron chi connectivity index (χ1n) is 12.6. The summed E-state index contributed by atoms with van der Waals surface area (Å²) in [4.78, 5) is 56.1. The van der Waals surface area contributed by atoms with Crippen LogP contribution >= 0.6 is 0 Å². The SMILES string of the molecule is CC(C)Cn1cnc2c1c(=O)n(CC(=O)NNC(=O)CC1CCCCC1)c(=O)n2Cc1ccccc1. The predicted octanol–water partition coefficient (Wildman–Crippen LogP) is 2.18. The third-order valence-electron chi connectivity index (χ3n) is 6.57. The number of fused-ring (bicyclic) bond motifs is 1. The van der Waals surface area contributed by atoms with Gasteiger partial charge in [-0.05, 0) is 30.2 Å². The van der Waals surface area contributed by atoms with Crippen LogP contribution in [0, 0.1) is 11.8 Å². The minimum Gasteiger partial charge on any atom is -0.324 e. The molecule has 0 atom stereocenters. The number of benzene rings is 1. The highest BCUT2D eigenvalue weighted by Gasteiger charge is 2.21. The fourth-order valence-corrected chi connectivity index (χ4v) is 4.85. The molecular weight excluding hydrogens is 460 g/mol.